The van der Waals surface area contributed by atoms with Crippen LogP contribution in [0.3, 0.4) is 0 Å². The maximum Gasteiger partial charge on any atom is 0.404 e. The first-order chi connectivity index (χ1) is 15.0. The average Bonchev–Trinajstić information content (AvgIpc) is 3.10. The van der Waals surface area contributed by atoms with Crippen molar-refractivity contribution in [2.24, 2.45) is 5.73 Å². The normalized spacial score (nSPS) is 25.2. The summed E-state index contributed by atoms with van der Waals surface area (Å²) in [5, 5.41) is 11.4. The Kier molecular flexibility index (Phi) is 5.35. The van der Waals surface area contributed by atoms with Crippen LogP contribution in [0.1, 0.15) is 25.3 Å². The van der Waals surface area contributed by atoms with E-state index in [1.165, 1.54) is 7.11 Å². The van der Waals surface area contributed by atoms with Gasteiger partial charge in [-0.2, -0.15) is 0 Å². The number of aliphatic hydroxyl groups excluding tert-OH is 1. The molecule has 0 radical (unpaired) electrons. The quantitative estimate of drug-likeness (QED) is 0.565. The number of ether oxygens (including phenoxy) is 4. The minimum absolute atomic E-state index is 0.105. The van der Waals surface area contributed by atoms with E-state index in [4.69, 9.17) is 33.5 Å². The Morgan fingerprint density at radius 1 is 1.22 bits per heavy atom. The number of benzene rings is 1. The van der Waals surface area contributed by atoms with E-state index in [-0.39, 0.29) is 16.8 Å². The smallest absolute Gasteiger partial charge is 0.404 e. The van der Waals surface area contributed by atoms with Gasteiger partial charge in [-0.1, -0.05) is 0 Å². The first-order valence-corrected chi connectivity index (χ1v) is 9.88. The molecule has 4 atom stereocenters. The number of aromatic nitrogens is 1. The summed E-state index contributed by atoms with van der Waals surface area (Å²) in [5.74, 6) is 0.622. The number of hydrogen-bond donors (Lipinski definition) is 2. The maximum atomic E-state index is 12.3. The summed E-state index contributed by atoms with van der Waals surface area (Å²) >= 11 is 0. The molecule has 1 aromatic carbocycles. The molecule has 2 aromatic heterocycles. The topological polar surface area (TPSA) is 156 Å². The van der Waals surface area contributed by atoms with Crippen LogP contribution in [0, 0.1) is 13.8 Å². The lowest BCUT2D eigenvalue weighted by molar-refractivity contribution is -0.304. The van der Waals surface area contributed by atoms with Crippen LogP contribution in [0.25, 0.3) is 22.1 Å². The molecule has 1 amide bonds. The summed E-state index contributed by atoms with van der Waals surface area (Å²) in [6.45, 7) is 6.73. The van der Waals surface area contributed by atoms with E-state index >= 15 is 0 Å². The molecule has 3 aromatic rings. The number of methoxy groups -OCH3 is 1. The standard InChI is InChI=1S/C21H24N2O9/c1-8-11(7-6-10-14(8)30-18(25)12-15(10)28-9(2)23-12)29-19-13(24)16(31-20(22)26)17(27-5)21(3,4)32-19/h6-7,13,16-17,19,24H,1-5H3,(H2,22,26)/t13-,16+,17-,19-/m1/s1. The largest absolute Gasteiger partial charge is 0.462 e. The van der Waals surface area contributed by atoms with E-state index < -0.39 is 41.9 Å². The van der Waals surface area contributed by atoms with Gasteiger partial charge in [-0.3, -0.25) is 0 Å². The van der Waals surface area contributed by atoms with Crippen LogP contribution in [0.2, 0.25) is 0 Å². The number of aliphatic hydroxyl groups is 1. The predicted octanol–water partition coefficient (Wildman–Crippen LogP) is 1.90. The van der Waals surface area contributed by atoms with Crippen LogP contribution in [-0.4, -0.2) is 53.5 Å². The number of aryl methyl sites for hydroxylation is 2. The van der Waals surface area contributed by atoms with E-state index in [0.29, 0.717) is 22.4 Å². The molecule has 0 aliphatic carbocycles. The lowest BCUT2D eigenvalue weighted by Gasteiger charge is -2.47. The fourth-order valence-corrected chi connectivity index (χ4v) is 4.07. The van der Waals surface area contributed by atoms with Gasteiger partial charge in [0.2, 0.25) is 6.29 Å². The SMILES string of the molecule is CO[C@@H]1[C@@H](OC(N)=O)[C@@H](O)[C@H](Oc2ccc3c(oc(=O)c4nc(C)oc43)c2C)OC1(C)C. The number of nitrogens with two attached hydrogens (primary N) is 1. The molecule has 3 heterocycles. The highest BCUT2D eigenvalue weighted by molar-refractivity contribution is 6.00. The van der Waals surface area contributed by atoms with Crippen LogP contribution in [0.5, 0.6) is 5.75 Å². The number of nitrogens with zero attached hydrogens (tertiary/aromatic N) is 1. The van der Waals surface area contributed by atoms with Gasteiger partial charge in [-0.25, -0.2) is 14.6 Å². The van der Waals surface area contributed by atoms with Crippen LogP contribution < -0.4 is 16.1 Å². The zero-order valence-electron chi connectivity index (χ0n) is 18.2. The van der Waals surface area contributed by atoms with Crippen LogP contribution in [0.15, 0.2) is 25.8 Å². The number of carbonyl (C=O) groups is 1. The van der Waals surface area contributed by atoms with E-state index in [1.54, 1.807) is 39.8 Å². The first kappa shape index (κ1) is 22.1. The van der Waals surface area contributed by atoms with Crippen molar-refractivity contribution >= 4 is 28.2 Å². The second-order valence-corrected chi connectivity index (χ2v) is 8.12. The lowest BCUT2D eigenvalue weighted by Crippen LogP contribution is -2.65. The molecule has 11 nitrogen and oxygen atoms in total. The van der Waals surface area contributed by atoms with Crippen LogP contribution >= 0.6 is 0 Å². The minimum atomic E-state index is -1.41. The summed E-state index contributed by atoms with van der Waals surface area (Å²) in [6, 6.07) is 3.29. The third-order valence-electron chi connectivity index (χ3n) is 5.49. The van der Waals surface area contributed by atoms with Crippen molar-refractivity contribution in [3.05, 3.63) is 34.0 Å². The maximum absolute atomic E-state index is 12.3. The lowest BCUT2D eigenvalue weighted by atomic mass is 9.89. The van der Waals surface area contributed by atoms with Gasteiger partial charge in [-0.15, -0.1) is 0 Å². The molecule has 172 valence electrons. The predicted molar refractivity (Wildman–Crippen MR) is 110 cm³/mol. The third kappa shape index (κ3) is 3.57. The minimum Gasteiger partial charge on any atom is -0.462 e. The number of hydrogen-bond acceptors (Lipinski definition) is 10. The number of carbonyl (C=O) groups excluding carboxylic acids is 1. The van der Waals surface area contributed by atoms with Crippen molar-refractivity contribution in [1.29, 1.82) is 0 Å². The second kappa shape index (κ2) is 7.76. The molecule has 1 aliphatic heterocycles. The molecule has 0 spiro atoms. The fourth-order valence-electron chi connectivity index (χ4n) is 4.07. The second-order valence-electron chi connectivity index (χ2n) is 8.12. The van der Waals surface area contributed by atoms with E-state index in [9.17, 15) is 14.7 Å². The summed E-state index contributed by atoms with van der Waals surface area (Å²) in [6.07, 6.45) is -5.66. The number of fused-ring (bicyclic) bond motifs is 3. The number of rotatable bonds is 4. The van der Waals surface area contributed by atoms with E-state index in [1.807, 2.05) is 0 Å². The molecule has 0 unspecified atom stereocenters. The Bertz CT molecular complexity index is 1250. The summed E-state index contributed by atoms with van der Waals surface area (Å²) in [7, 11) is 1.41. The molecule has 11 heteroatoms. The zero-order valence-corrected chi connectivity index (χ0v) is 18.2. The molecule has 0 bridgehead atoms. The van der Waals surface area contributed by atoms with Crippen molar-refractivity contribution in [3.8, 4) is 5.75 Å². The number of amides is 1. The Balaban J connectivity index is 1.73. The Morgan fingerprint density at radius 2 is 1.94 bits per heavy atom. The molecular formula is C21H24N2O9. The molecule has 32 heavy (non-hydrogen) atoms. The van der Waals surface area contributed by atoms with Crippen molar-refractivity contribution in [3.63, 3.8) is 0 Å². The summed E-state index contributed by atoms with van der Waals surface area (Å²) in [5.41, 5.74) is 4.68. The highest BCUT2D eigenvalue weighted by atomic mass is 16.7. The van der Waals surface area contributed by atoms with Crippen molar-refractivity contribution in [2.75, 3.05) is 7.11 Å². The Hall–Kier alpha value is -3.15. The molecule has 3 N–H and O–H groups in total. The molecule has 0 saturated carbocycles. The number of primary amides is 1. The van der Waals surface area contributed by atoms with Gasteiger partial charge in [0, 0.05) is 19.6 Å². The molecular weight excluding hydrogens is 424 g/mol. The average molecular weight is 448 g/mol. The van der Waals surface area contributed by atoms with Gasteiger partial charge in [-0.05, 0) is 32.9 Å². The van der Waals surface area contributed by atoms with Crippen molar-refractivity contribution in [2.45, 2.75) is 57.9 Å². The molecule has 1 aliphatic rings. The van der Waals surface area contributed by atoms with Gasteiger partial charge in [0.05, 0.1) is 11.0 Å². The van der Waals surface area contributed by atoms with Crippen molar-refractivity contribution < 1.29 is 37.7 Å². The molecule has 4 rings (SSSR count). The summed E-state index contributed by atoms with van der Waals surface area (Å²) < 4.78 is 33.4. The van der Waals surface area contributed by atoms with Crippen molar-refractivity contribution in [1.82, 2.24) is 4.98 Å². The van der Waals surface area contributed by atoms with Gasteiger partial charge < -0.3 is 38.6 Å². The van der Waals surface area contributed by atoms with Gasteiger partial charge in [0.1, 0.15) is 17.4 Å². The molecule has 1 saturated heterocycles. The summed E-state index contributed by atoms with van der Waals surface area (Å²) in [4.78, 5) is 27.8. The highest BCUT2D eigenvalue weighted by Crippen LogP contribution is 2.36. The van der Waals surface area contributed by atoms with E-state index in [2.05, 4.69) is 4.98 Å². The Labute approximate surface area is 182 Å². The van der Waals surface area contributed by atoms with Gasteiger partial charge in [0.15, 0.2) is 29.2 Å². The fraction of sp³-hybridized carbons (Fsp3) is 0.476. The first-order valence-electron chi connectivity index (χ1n) is 9.88. The molecule has 1 fully saturated rings. The monoisotopic (exact) mass is 448 g/mol. The highest BCUT2D eigenvalue weighted by Gasteiger charge is 2.53. The third-order valence-corrected chi connectivity index (χ3v) is 5.49. The Morgan fingerprint density at radius 3 is 2.59 bits per heavy atom. The van der Waals surface area contributed by atoms with Gasteiger partial charge >= 0.3 is 11.7 Å². The number of oxazole rings is 1. The van der Waals surface area contributed by atoms with Crippen LogP contribution in [-0.2, 0) is 14.2 Å². The van der Waals surface area contributed by atoms with Crippen LogP contribution in [0.4, 0.5) is 4.79 Å². The van der Waals surface area contributed by atoms with E-state index in [0.717, 1.165) is 0 Å². The van der Waals surface area contributed by atoms with Gasteiger partial charge in [0.25, 0.3) is 0 Å². The zero-order chi connectivity index (χ0) is 23.4.